The van der Waals surface area contributed by atoms with Gasteiger partial charge in [-0.15, -0.1) is 0 Å². The number of fused-ring (bicyclic) bond motifs is 2. The van der Waals surface area contributed by atoms with Crippen LogP contribution in [0.15, 0.2) is 84.9 Å². The van der Waals surface area contributed by atoms with Gasteiger partial charge in [0.1, 0.15) is 22.6 Å². The van der Waals surface area contributed by atoms with Gasteiger partial charge in [-0.1, -0.05) is 71.8 Å². The van der Waals surface area contributed by atoms with E-state index >= 15 is 0 Å². The minimum Gasteiger partial charge on any atom is -0.497 e. The van der Waals surface area contributed by atoms with Crippen LogP contribution in [0.3, 0.4) is 0 Å². The number of aryl methyl sites for hydroxylation is 2. The Morgan fingerprint density at radius 2 is 1.08 bits per heavy atom. The molecule has 4 saturated carbocycles. The zero-order chi connectivity index (χ0) is 54.1. The van der Waals surface area contributed by atoms with Crippen molar-refractivity contribution in [3.05, 3.63) is 129 Å². The lowest BCUT2D eigenvalue weighted by atomic mass is 9.46. The Balaban J connectivity index is 0.000000149. The molecule has 6 aliphatic carbocycles. The average molecular weight is 1060 g/mol. The quantitative estimate of drug-likeness (QED) is 0.126. The molecule has 14 rings (SSSR count). The highest BCUT2D eigenvalue weighted by Gasteiger charge is 2.73. The summed E-state index contributed by atoms with van der Waals surface area (Å²) in [6.45, 7) is 11.1. The van der Waals surface area contributed by atoms with Crippen molar-refractivity contribution in [2.24, 2.45) is 11.8 Å². The van der Waals surface area contributed by atoms with Crippen molar-refractivity contribution in [3.63, 3.8) is 0 Å². The maximum absolute atomic E-state index is 14.5. The molecule has 0 aromatic heterocycles. The Morgan fingerprint density at radius 3 is 1.56 bits per heavy atom. The van der Waals surface area contributed by atoms with Crippen molar-refractivity contribution in [2.75, 3.05) is 46.9 Å². The largest absolute Gasteiger partial charge is 0.497 e. The van der Waals surface area contributed by atoms with E-state index in [-0.39, 0.29) is 49.0 Å². The fourth-order valence-corrected chi connectivity index (χ4v) is 16.9. The molecular formula is C64H78N6O8. The number of carbonyl (C=O) groups is 4. The van der Waals surface area contributed by atoms with E-state index in [4.69, 9.17) is 9.47 Å². The van der Waals surface area contributed by atoms with Gasteiger partial charge < -0.3 is 29.9 Å². The van der Waals surface area contributed by atoms with Crippen LogP contribution < -0.4 is 14.8 Å². The minimum atomic E-state index is -0.989. The Hall–Kier alpha value is -5.80. The first kappa shape index (κ1) is 51.6. The fourth-order valence-electron chi connectivity index (χ4n) is 16.9. The summed E-state index contributed by atoms with van der Waals surface area (Å²) in [5, 5.41) is 28.6. The van der Waals surface area contributed by atoms with Crippen LogP contribution in [0, 0.1) is 25.7 Å². The molecule has 8 fully saturated rings. The van der Waals surface area contributed by atoms with Crippen LogP contribution >= 0.6 is 0 Å². The molecule has 2 spiro atoms. The number of amides is 6. The predicted octanol–water partition coefficient (Wildman–Crippen LogP) is 8.11. The Bertz CT molecular complexity index is 3070. The van der Waals surface area contributed by atoms with Crippen LogP contribution in [0.1, 0.15) is 128 Å². The highest BCUT2D eigenvalue weighted by Crippen LogP contribution is 2.64. The van der Waals surface area contributed by atoms with E-state index in [2.05, 4.69) is 65.4 Å². The summed E-state index contributed by atoms with van der Waals surface area (Å²) in [5.74, 6) is 2.72. The molecule has 6 amide bonds. The number of ether oxygens (including phenoxy) is 2. The highest BCUT2D eigenvalue weighted by molar-refractivity contribution is 6.08. The van der Waals surface area contributed by atoms with Gasteiger partial charge in [0.25, 0.3) is 11.8 Å². The van der Waals surface area contributed by atoms with Crippen LogP contribution in [0.25, 0.3) is 0 Å². The lowest BCUT2D eigenvalue weighted by Crippen LogP contribution is -2.76. The number of piperidine rings is 2. The van der Waals surface area contributed by atoms with E-state index in [0.717, 1.165) is 86.3 Å². The molecule has 14 heteroatoms. The second-order valence-corrected chi connectivity index (χ2v) is 25.6. The molecule has 3 N–H and O–H groups in total. The first-order valence-corrected chi connectivity index (χ1v) is 29.2. The maximum atomic E-state index is 14.5. The fraction of sp³-hybridized carbons (Fsp3) is 0.562. The third-order valence-corrected chi connectivity index (χ3v) is 21.3. The second-order valence-electron chi connectivity index (χ2n) is 25.6. The molecule has 4 saturated heterocycles. The zero-order valence-corrected chi connectivity index (χ0v) is 46.3. The second kappa shape index (κ2) is 18.6. The predicted molar refractivity (Wildman–Crippen MR) is 295 cm³/mol. The van der Waals surface area contributed by atoms with Crippen LogP contribution in [-0.4, -0.2) is 140 Å². The number of hydrogen-bond donors (Lipinski definition) is 3. The van der Waals surface area contributed by atoms with E-state index in [9.17, 15) is 29.4 Å². The topological polar surface area (TPSA) is 155 Å². The first-order valence-electron chi connectivity index (χ1n) is 29.2. The minimum absolute atomic E-state index is 0.0482. The highest BCUT2D eigenvalue weighted by atomic mass is 16.5. The molecule has 8 atom stereocenters. The van der Waals surface area contributed by atoms with E-state index in [1.54, 1.807) is 14.2 Å². The lowest BCUT2D eigenvalue weighted by molar-refractivity contribution is -0.188. The van der Waals surface area contributed by atoms with E-state index in [1.807, 2.05) is 60.4 Å². The Kier molecular flexibility index (Phi) is 12.3. The summed E-state index contributed by atoms with van der Waals surface area (Å²) in [4.78, 5) is 65.4. The first-order chi connectivity index (χ1) is 37.5. The summed E-state index contributed by atoms with van der Waals surface area (Å²) in [5.41, 5.74) is 4.22. The van der Waals surface area contributed by atoms with Gasteiger partial charge in [-0.05, 0) is 193 Å². The number of nitrogens with zero attached hydrogens (tertiary/aromatic N) is 5. The van der Waals surface area contributed by atoms with Gasteiger partial charge in [-0.3, -0.25) is 29.2 Å². The summed E-state index contributed by atoms with van der Waals surface area (Å²) >= 11 is 0. The Labute approximate surface area is 459 Å². The molecule has 4 aliphatic heterocycles. The number of carbonyl (C=O) groups excluding carboxylic acids is 4. The molecule has 0 radical (unpaired) electrons. The Morgan fingerprint density at radius 1 is 0.590 bits per heavy atom. The number of imide groups is 2. The molecule has 78 heavy (non-hydrogen) atoms. The number of rotatable bonds is 11. The van der Waals surface area contributed by atoms with Crippen LogP contribution in [0.5, 0.6) is 11.5 Å². The van der Waals surface area contributed by atoms with Crippen molar-refractivity contribution < 1.29 is 38.9 Å². The monoisotopic (exact) mass is 1060 g/mol. The molecule has 0 unspecified atom stereocenters. The number of likely N-dealkylation sites (N-methyl/N-ethyl adjacent to an activating group) is 1. The van der Waals surface area contributed by atoms with E-state index in [1.165, 1.54) is 68.9 Å². The van der Waals surface area contributed by atoms with E-state index < -0.39 is 33.1 Å². The van der Waals surface area contributed by atoms with Crippen molar-refractivity contribution in [3.8, 4) is 11.5 Å². The molecule has 4 aromatic carbocycles. The van der Waals surface area contributed by atoms with Crippen molar-refractivity contribution in [1.82, 2.24) is 29.8 Å². The number of urea groups is 2. The molecular weight excluding hydrogens is 981 g/mol. The van der Waals surface area contributed by atoms with Crippen LogP contribution in [0.4, 0.5) is 9.59 Å². The van der Waals surface area contributed by atoms with Gasteiger partial charge in [0.15, 0.2) is 0 Å². The lowest BCUT2D eigenvalue weighted by Gasteiger charge is -2.66. The van der Waals surface area contributed by atoms with Gasteiger partial charge in [-0.2, -0.15) is 0 Å². The van der Waals surface area contributed by atoms with Crippen LogP contribution in [-0.2, 0) is 46.4 Å². The standard InChI is InChI=1S/C33H41N3O4.C31H37N3O4/c1-4-36-30(38)35(20-24-8-11-26(40-3)12-9-24)29(37)32(36)13-14-33(39)28-18-25-10-5-22(2)17-27(25)31(33,21-32)15-16-34(28)19-23-6-7-23;1-20-3-8-23-16-26-31(37)12-11-30(19-29(31,25(23)15-20)13-14-33(26)17-21-4-5-21)27(35)34(28(36)32-30)18-22-6-9-24(38-2)10-7-22/h5,8-12,17,23,28,39H,4,6-7,13-16,18-21H2,1-3H3;3,6-10,15,21,26,37H,4-5,11-14,16-19H2,1-2H3,(H,32,36)/t28-,31-,32+,33-;26-,29-,30+,31-/m11/s1. The van der Waals surface area contributed by atoms with Gasteiger partial charge >= 0.3 is 12.1 Å². The van der Waals surface area contributed by atoms with Crippen molar-refractivity contribution in [2.45, 2.75) is 169 Å². The summed E-state index contributed by atoms with van der Waals surface area (Å²) in [6, 6.07) is 27.9. The number of methoxy groups -OCH3 is 2. The summed E-state index contributed by atoms with van der Waals surface area (Å²) in [6.07, 6.45) is 11.4. The summed E-state index contributed by atoms with van der Waals surface area (Å²) in [7, 11) is 3.24. The SMILES string of the molecule is CCN1C(=O)N(Cc2ccc(OC)cc2)C(=O)[C@@]12CC[C@@]1(O)[C@H]3Cc4ccc(C)cc4[C@@]1(CCN3CC1CC1)C2.COc1ccc(CN2C(=O)N[C@]3(CC[C@@]4(O)[C@H]5Cc6ccc(C)cc6[C@@]4(CCN5CC4CC4)C3)C2=O)cc1. The number of benzene rings is 4. The average Bonchev–Trinajstić information content (AvgIpc) is 3.07. The third kappa shape index (κ3) is 7.83. The normalized spacial score (nSPS) is 33.8. The zero-order valence-electron chi connectivity index (χ0n) is 46.3. The van der Waals surface area contributed by atoms with Gasteiger partial charge in [-0.25, -0.2) is 9.59 Å². The number of nitrogens with one attached hydrogen (secondary N) is 1. The molecule has 412 valence electrons. The van der Waals surface area contributed by atoms with Crippen molar-refractivity contribution >= 4 is 23.9 Å². The summed E-state index contributed by atoms with van der Waals surface area (Å²) < 4.78 is 10.5. The number of likely N-dealkylation sites (tertiary alicyclic amines) is 2. The molecule has 10 aliphatic rings. The molecule has 4 heterocycles. The van der Waals surface area contributed by atoms with Gasteiger partial charge in [0, 0.05) is 42.5 Å². The number of hydrogen-bond acceptors (Lipinski definition) is 10. The van der Waals surface area contributed by atoms with Gasteiger partial charge in [0.2, 0.25) is 0 Å². The molecule has 14 nitrogen and oxygen atoms in total. The molecule has 4 aromatic rings. The van der Waals surface area contributed by atoms with Crippen molar-refractivity contribution in [1.29, 1.82) is 0 Å². The molecule has 4 bridgehead atoms. The van der Waals surface area contributed by atoms with E-state index in [0.29, 0.717) is 45.1 Å². The smallest absolute Gasteiger partial charge is 0.327 e. The van der Waals surface area contributed by atoms with Crippen LogP contribution in [0.2, 0.25) is 0 Å². The third-order valence-electron chi connectivity index (χ3n) is 21.3. The van der Waals surface area contributed by atoms with Gasteiger partial charge in [0.05, 0.1) is 38.5 Å². The number of aliphatic hydroxyl groups is 2. The maximum Gasteiger partial charge on any atom is 0.327 e.